The summed E-state index contributed by atoms with van der Waals surface area (Å²) >= 11 is 1.32. The number of nitrogens with zero attached hydrogens (tertiary/aromatic N) is 1. The van der Waals surface area contributed by atoms with Gasteiger partial charge in [-0.3, -0.25) is 9.69 Å². The minimum Gasteiger partial charge on any atom is -0.494 e. The van der Waals surface area contributed by atoms with Crippen molar-refractivity contribution in [3.05, 3.63) is 59.4 Å². The van der Waals surface area contributed by atoms with Gasteiger partial charge in [-0.05, 0) is 17.7 Å². The molecular formula is C16H12F3NO2S. The Balaban J connectivity index is 2.07. The molecule has 0 aliphatic carbocycles. The first-order valence-corrected chi connectivity index (χ1v) is 7.78. The van der Waals surface area contributed by atoms with E-state index in [-0.39, 0.29) is 28.9 Å². The minimum atomic E-state index is -1.07. The second-order valence-electron chi connectivity index (χ2n) is 4.92. The van der Waals surface area contributed by atoms with Gasteiger partial charge in [-0.2, -0.15) is 0 Å². The average molecular weight is 339 g/mol. The van der Waals surface area contributed by atoms with Gasteiger partial charge in [-0.1, -0.05) is 12.1 Å². The quantitative estimate of drug-likeness (QED) is 0.850. The average Bonchev–Trinajstić information content (AvgIpc) is 2.92. The fourth-order valence-corrected chi connectivity index (χ4v) is 3.60. The van der Waals surface area contributed by atoms with Crippen LogP contribution in [0.25, 0.3) is 0 Å². The van der Waals surface area contributed by atoms with E-state index >= 15 is 0 Å². The molecule has 0 saturated carbocycles. The highest BCUT2D eigenvalue weighted by Crippen LogP contribution is 2.45. The molecule has 3 rings (SSSR count). The summed E-state index contributed by atoms with van der Waals surface area (Å²) in [7, 11) is 1.32. The maximum absolute atomic E-state index is 13.6. The number of halogens is 3. The van der Waals surface area contributed by atoms with Gasteiger partial charge in [-0.25, -0.2) is 13.2 Å². The Hall–Kier alpha value is -2.15. The standard InChI is InChI=1S/C16H12F3NO2S/c1-22-14-7-12(19)11(18)6-13(14)20-15(21)8-23-16(20)9-2-4-10(17)5-3-9/h2-7,16H,8H2,1H3. The van der Waals surface area contributed by atoms with E-state index in [1.807, 2.05) is 0 Å². The van der Waals surface area contributed by atoms with Gasteiger partial charge in [0.2, 0.25) is 5.91 Å². The van der Waals surface area contributed by atoms with Crippen molar-refractivity contribution >= 4 is 23.4 Å². The topological polar surface area (TPSA) is 29.5 Å². The maximum Gasteiger partial charge on any atom is 0.238 e. The molecule has 1 unspecified atom stereocenters. The van der Waals surface area contributed by atoms with E-state index in [1.165, 1.54) is 35.9 Å². The van der Waals surface area contributed by atoms with E-state index in [2.05, 4.69) is 0 Å². The summed E-state index contributed by atoms with van der Waals surface area (Å²) < 4.78 is 45.2. The summed E-state index contributed by atoms with van der Waals surface area (Å²) in [4.78, 5) is 13.6. The zero-order valence-electron chi connectivity index (χ0n) is 12.1. The first-order valence-electron chi connectivity index (χ1n) is 6.73. The number of hydrogen-bond acceptors (Lipinski definition) is 3. The normalized spacial score (nSPS) is 17.7. The molecule has 1 atom stereocenters. The molecular weight excluding hydrogens is 327 g/mol. The molecule has 1 saturated heterocycles. The van der Waals surface area contributed by atoms with E-state index < -0.39 is 17.0 Å². The lowest BCUT2D eigenvalue weighted by molar-refractivity contribution is -0.115. The monoisotopic (exact) mass is 339 g/mol. The predicted octanol–water partition coefficient (Wildman–Crippen LogP) is 3.89. The molecule has 0 spiro atoms. The highest BCUT2D eigenvalue weighted by Gasteiger charge is 2.36. The van der Waals surface area contributed by atoms with E-state index in [0.29, 0.717) is 5.56 Å². The van der Waals surface area contributed by atoms with Crippen LogP contribution < -0.4 is 9.64 Å². The SMILES string of the molecule is COc1cc(F)c(F)cc1N1C(=O)CSC1c1ccc(F)cc1. The van der Waals surface area contributed by atoms with Gasteiger partial charge in [0, 0.05) is 12.1 Å². The highest BCUT2D eigenvalue weighted by atomic mass is 32.2. The molecule has 1 fully saturated rings. The molecule has 1 heterocycles. The molecule has 120 valence electrons. The highest BCUT2D eigenvalue weighted by molar-refractivity contribution is 8.00. The van der Waals surface area contributed by atoms with Crippen LogP contribution in [0.15, 0.2) is 36.4 Å². The summed E-state index contributed by atoms with van der Waals surface area (Å²) in [6, 6.07) is 7.55. The Labute approximate surface area is 135 Å². The minimum absolute atomic E-state index is 0.0619. The van der Waals surface area contributed by atoms with E-state index in [1.54, 1.807) is 12.1 Å². The molecule has 1 amide bonds. The molecule has 0 radical (unpaired) electrons. The summed E-state index contributed by atoms with van der Waals surface area (Å²) in [5.41, 5.74) is 0.838. The third-order valence-electron chi connectivity index (χ3n) is 3.50. The first kappa shape index (κ1) is 15.7. The summed E-state index contributed by atoms with van der Waals surface area (Å²) in [5.74, 6) is -2.52. The lowest BCUT2D eigenvalue weighted by Crippen LogP contribution is -2.28. The molecule has 1 aliphatic heterocycles. The molecule has 2 aromatic rings. The zero-order chi connectivity index (χ0) is 16.6. The van der Waals surface area contributed by atoms with E-state index in [9.17, 15) is 18.0 Å². The van der Waals surface area contributed by atoms with Crippen LogP contribution in [0.1, 0.15) is 10.9 Å². The Morgan fingerprint density at radius 3 is 2.43 bits per heavy atom. The smallest absolute Gasteiger partial charge is 0.238 e. The van der Waals surface area contributed by atoms with Crippen LogP contribution in [0, 0.1) is 17.5 Å². The molecule has 0 aromatic heterocycles. The van der Waals surface area contributed by atoms with Crippen molar-refractivity contribution in [3.8, 4) is 5.75 Å². The van der Waals surface area contributed by atoms with Crippen LogP contribution >= 0.6 is 11.8 Å². The second kappa shape index (κ2) is 6.16. The molecule has 3 nitrogen and oxygen atoms in total. The van der Waals surface area contributed by atoms with Crippen LogP contribution in [0.2, 0.25) is 0 Å². The lowest BCUT2D eigenvalue weighted by atomic mass is 10.1. The van der Waals surface area contributed by atoms with Crippen LogP contribution in [-0.4, -0.2) is 18.8 Å². The number of benzene rings is 2. The van der Waals surface area contributed by atoms with Crippen LogP contribution in [0.3, 0.4) is 0 Å². The summed E-state index contributed by atoms with van der Waals surface area (Å²) in [5, 5.41) is -0.457. The molecule has 7 heteroatoms. The molecule has 23 heavy (non-hydrogen) atoms. The number of methoxy groups -OCH3 is 1. The Morgan fingerprint density at radius 1 is 1.13 bits per heavy atom. The molecule has 0 N–H and O–H groups in total. The van der Waals surface area contributed by atoms with Crippen molar-refractivity contribution in [2.24, 2.45) is 0 Å². The second-order valence-corrected chi connectivity index (χ2v) is 5.99. The number of carbonyl (C=O) groups excluding carboxylic acids is 1. The number of anilines is 1. The van der Waals surface area contributed by atoms with Gasteiger partial charge >= 0.3 is 0 Å². The zero-order valence-corrected chi connectivity index (χ0v) is 12.9. The Bertz CT molecular complexity index is 752. The van der Waals surface area contributed by atoms with Crippen molar-refractivity contribution in [3.63, 3.8) is 0 Å². The van der Waals surface area contributed by atoms with Gasteiger partial charge in [0.1, 0.15) is 16.9 Å². The fourth-order valence-electron chi connectivity index (χ4n) is 2.43. The number of carbonyl (C=O) groups is 1. The molecule has 0 bridgehead atoms. The van der Waals surface area contributed by atoms with Crippen molar-refractivity contribution in [2.75, 3.05) is 17.8 Å². The largest absolute Gasteiger partial charge is 0.494 e. The fraction of sp³-hybridized carbons (Fsp3) is 0.188. The Kier molecular flexibility index (Phi) is 4.21. The van der Waals surface area contributed by atoms with E-state index in [4.69, 9.17) is 4.74 Å². The van der Waals surface area contributed by atoms with Gasteiger partial charge < -0.3 is 4.74 Å². The summed E-state index contributed by atoms with van der Waals surface area (Å²) in [6.07, 6.45) is 0. The van der Waals surface area contributed by atoms with Gasteiger partial charge in [-0.15, -0.1) is 11.8 Å². The van der Waals surface area contributed by atoms with E-state index in [0.717, 1.165) is 12.1 Å². The van der Waals surface area contributed by atoms with Crippen molar-refractivity contribution in [1.82, 2.24) is 0 Å². The third kappa shape index (κ3) is 2.88. The van der Waals surface area contributed by atoms with Gasteiger partial charge in [0.25, 0.3) is 0 Å². The number of thioether (sulfide) groups is 1. The van der Waals surface area contributed by atoms with Crippen LogP contribution in [0.5, 0.6) is 5.75 Å². The van der Waals surface area contributed by atoms with Gasteiger partial charge in [0.15, 0.2) is 11.6 Å². The van der Waals surface area contributed by atoms with Crippen molar-refractivity contribution < 1.29 is 22.7 Å². The van der Waals surface area contributed by atoms with Crippen LogP contribution in [-0.2, 0) is 4.79 Å². The van der Waals surface area contributed by atoms with Crippen LogP contribution in [0.4, 0.5) is 18.9 Å². The number of ether oxygens (including phenoxy) is 1. The third-order valence-corrected chi connectivity index (χ3v) is 4.72. The lowest BCUT2D eigenvalue weighted by Gasteiger charge is -2.26. The van der Waals surface area contributed by atoms with Crippen molar-refractivity contribution in [2.45, 2.75) is 5.37 Å². The molecule has 2 aromatic carbocycles. The summed E-state index contributed by atoms with van der Waals surface area (Å²) in [6.45, 7) is 0. The number of rotatable bonds is 3. The predicted molar refractivity (Wildman–Crippen MR) is 82.0 cm³/mol. The maximum atomic E-state index is 13.6. The van der Waals surface area contributed by atoms with Crippen molar-refractivity contribution in [1.29, 1.82) is 0 Å². The Morgan fingerprint density at radius 2 is 1.78 bits per heavy atom. The number of hydrogen-bond donors (Lipinski definition) is 0. The first-order chi connectivity index (χ1) is 11.0. The number of amides is 1. The van der Waals surface area contributed by atoms with Gasteiger partial charge in [0.05, 0.1) is 18.6 Å². The molecule has 1 aliphatic rings.